The van der Waals surface area contributed by atoms with Crippen molar-refractivity contribution in [2.24, 2.45) is 23.7 Å². The molecule has 1 heteroatoms. The van der Waals surface area contributed by atoms with Crippen LogP contribution in [0.5, 0.6) is 0 Å². The number of hydrogen-bond donors (Lipinski definition) is 1. The first-order valence-corrected chi connectivity index (χ1v) is 5.92. The second-order valence-electron chi connectivity index (χ2n) is 5.29. The molecule has 0 aromatic carbocycles. The van der Waals surface area contributed by atoms with Gasteiger partial charge in [-0.3, -0.25) is 0 Å². The molecule has 4 bridgehead atoms. The Labute approximate surface area is 85.5 Å². The van der Waals surface area contributed by atoms with E-state index in [1.807, 2.05) is 0 Å². The Hall–Kier alpha value is -0.520. The average molecular weight is 190 g/mol. The third-order valence-corrected chi connectivity index (χ3v) is 4.38. The summed E-state index contributed by atoms with van der Waals surface area (Å²) in [5.74, 6) is 3.71. The fourth-order valence-electron chi connectivity index (χ4n) is 4.09. The Morgan fingerprint density at radius 2 is 1.64 bits per heavy atom. The third kappa shape index (κ3) is 1.27. The van der Waals surface area contributed by atoms with E-state index in [-0.39, 0.29) is 6.61 Å². The minimum absolute atomic E-state index is 0.149. The number of aliphatic hydroxyl groups excluding tert-OH is 1. The number of rotatable bonds is 1. The van der Waals surface area contributed by atoms with Crippen molar-refractivity contribution < 1.29 is 5.11 Å². The zero-order valence-corrected chi connectivity index (χ0v) is 8.58. The molecule has 4 fully saturated rings. The summed E-state index contributed by atoms with van der Waals surface area (Å²) in [4.78, 5) is 0. The molecule has 0 aromatic heterocycles. The fraction of sp³-hybridized carbons (Fsp3) is 0.769. The van der Waals surface area contributed by atoms with Gasteiger partial charge in [-0.15, -0.1) is 5.73 Å². The van der Waals surface area contributed by atoms with Crippen LogP contribution in [-0.2, 0) is 0 Å². The second kappa shape index (κ2) is 3.25. The molecule has 0 heterocycles. The Balaban J connectivity index is 1.91. The van der Waals surface area contributed by atoms with Crippen LogP contribution in [0.2, 0.25) is 0 Å². The molecule has 0 unspecified atom stereocenters. The van der Waals surface area contributed by atoms with Gasteiger partial charge in [0.2, 0.25) is 0 Å². The van der Waals surface area contributed by atoms with Gasteiger partial charge in [-0.2, -0.15) is 0 Å². The van der Waals surface area contributed by atoms with Crippen molar-refractivity contribution in [1.82, 2.24) is 0 Å². The van der Waals surface area contributed by atoms with E-state index < -0.39 is 0 Å². The summed E-state index contributed by atoms with van der Waals surface area (Å²) in [6.07, 6.45) is 8.95. The maximum atomic E-state index is 8.79. The molecule has 1 N–H and O–H groups in total. The Morgan fingerprint density at radius 1 is 1.07 bits per heavy atom. The van der Waals surface area contributed by atoms with E-state index in [1.54, 1.807) is 11.6 Å². The van der Waals surface area contributed by atoms with Crippen LogP contribution in [0, 0.1) is 23.7 Å². The van der Waals surface area contributed by atoms with Gasteiger partial charge in [0.25, 0.3) is 0 Å². The molecule has 14 heavy (non-hydrogen) atoms. The molecule has 76 valence electrons. The smallest absolute Gasteiger partial charge is 0.0686 e. The molecule has 0 saturated heterocycles. The van der Waals surface area contributed by atoms with Crippen LogP contribution in [0.1, 0.15) is 32.1 Å². The summed E-state index contributed by atoms with van der Waals surface area (Å²) in [6, 6.07) is 0. The van der Waals surface area contributed by atoms with E-state index in [1.165, 1.54) is 32.1 Å². The van der Waals surface area contributed by atoms with Crippen LogP contribution in [0.25, 0.3) is 0 Å². The summed E-state index contributed by atoms with van der Waals surface area (Å²) in [6.45, 7) is 0.149. The molecule has 0 aliphatic heterocycles. The quantitative estimate of drug-likeness (QED) is 0.630. The molecule has 4 aliphatic rings. The third-order valence-electron chi connectivity index (χ3n) is 4.38. The molecule has 0 radical (unpaired) electrons. The molecule has 0 spiro atoms. The van der Waals surface area contributed by atoms with E-state index >= 15 is 0 Å². The van der Waals surface area contributed by atoms with Gasteiger partial charge in [0.15, 0.2) is 0 Å². The maximum absolute atomic E-state index is 8.79. The first-order chi connectivity index (χ1) is 6.86. The van der Waals surface area contributed by atoms with Gasteiger partial charge >= 0.3 is 0 Å². The highest BCUT2D eigenvalue weighted by Crippen LogP contribution is 2.55. The van der Waals surface area contributed by atoms with Gasteiger partial charge in [0, 0.05) is 0 Å². The molecule has 4 rings (SSSR count). The van der Waals surface area contributed by atoms with Crippen molar-refractivity contribution in [3.63, 3.8) is 0 Å². The van der Waals surface area contributed by atoms with Crippen molar-refractivity contribution in [2.75, 3.05) is 6.61 Å². The predicted octanol–water partition coefficient (Wildman–Crippen LogP) is 2.52. The molecule has 0 aromatic rings. The molecule has 0 atom stereocenters. The predicted molar refractivity (Wildman–Crippen MR) is 55.7 cm³/mol. The first-order valence-electron chi connectivity index (χ1n) is 5.92. The summed E-state index contributed by atoms with van der Waals surface area (Å²) < 4.78 is 0. The Kier molecular flexibility index (Phi) is 2.04. The van der Waals surface area contributed by atoms with Gasteiger partial charge in [-0.05, 0) is 67.4 Å². The monoisotopic (exact) mass is 190 g/mol. The maximum Gasteiger partial charge on any atom is 0.0686 e. The Morgan fingerprint density at radius 3 is 2.14 bits per heavy atom. The molecule has 4 aliphatic carbocycles. The van der Waals surface area contributed by atoms with Crippen LogP contribution in [0.3, 0.4) is 0 Å². The zero-order chi connectivity index (χ0) is 9.54. The van der Waals surface area contributed by atoms with E-state index in [0.717, 1.165) is 23.7 Å². The lowest BCUT2D eigenvalue weighted by atomic mass is 9.54. The van der Waals surface area contributed by atoms with E-state index in [9.17, 15) is 0 Å². The molecule has 0 amide bonds. The Bertz CT molecular complexity index is 266. The standard InChI is InChI=1S/C13H18O/c14-3-1-2-13-11-5-9-4-10(7-11)8-12(13)6-9/h1,9-12,14H,3-8H2. The van der Waals surface area contributed by atoms with Crippen LogP contribution in [0.15, 0.2) is 17.4 Å². The lowest BCUT2D eigenvalue weighted by molar-refractivity contribution is 0.0700. The minimum Gasteiger partial charge on any atom is -0.392 e. The summed E-state index contributed by atoms with van der Waals surface area (Å²) in [7, 11) is 0. The minimum atomic E-state index is 0.149. The van der Waals surface area contributed by atoms with Gasteiger partial charge in [0.1, 0.15) is 0 Å². The molecular weight excluding hydrogens is 172 g/mol. The van der Waals surface area contributed by atoms with Crippen molar-refractivity contribution in [3.8, 4) is 0 Å². The number of hydrogen-bond acceptors (Lipinski definition) is 1. The van der Waals surface area contributed by atoms with E-state index in [4.69, 9.17) is 5.11 Å². The van der Waals surface area contributed by atoms with Crippen molar-refractivity contribution >= 4 is 0 Å². The van der Waals surface area contributed by atoms with Crippen LogP contribution in [0.4, 0.5) is 0 Å². The largest absolute Gasteiger partial charge is 0.392 e. The average Bonchev–Trinajstić information content (AvgIpc) is 2.15. The molecular formula is C13H18O. The van der Waals surface area contributed by atoms with Gasteiger partial charge in [-0.25, -0.2) is 0 Å². The summed E-state index contributed by atoms with van der Waals surface area (Å²) in [5.41, 5.74) is 4.90. The SMILES string of the molecule is OCC=C=C1C2CC3CC(C2)CC1C3. The fourth-order valence-corrected chi connectivity index (χ4v) is 4.09. The molecule has 4 saturated carbocycles. The first kappa shape index (κ1) is 8.76. The highest BCUT2D eigenvalue weighted by Gasteiger charge is 2.44. The highest BCUT2D eigenvalue weighted by atomic mass is 16.2. The lowest BCUT2D eigenvalue weighted by Gasteiger charge is -2.50. The zero-order valence-electron chi connectivity index (χ0n) is 8.58. The van der Waals surface area contributed by atoms with Crippen LogP contribution in [-0.4, -0.2) is 11.7 Å². The topological polar surface area (TPSA) is 20.2 Å². The van der Waals surface area contributed by atoms with Crippen molar-refractivity contribution in [1.29, 1.82) is 0 Å². The summed E-state index contributed by atoms with van der Waals surface area (Å²) >= 11 is 0. The van der Waals surface area contributed by atoms with Gasteiger partial charge in [0.05, 0.1) is 6.61 Å². The van der Waals surface area contributed by atoms with Crippen molar-refractivity contribution in [3.05, 3.63) is 17.4 Å². The number of aliphatic hydroxyl groups is 1. The van der Waals surface area contributed by atoms with Gasteiger partial charge < -0.3 is 5.11 Å². The van der Waals surface area contributed by atoms with E-state index in [0.29, 0.717) is 0 Å². The molecule has 1 nitrogen and oxygen atoms in total. The van der Waals surface area contributed by atoms with Gasteiger partial charge in [-0.1, -0.05) is 0 Å². The normalized spacial score (nSPS) is 43.9. The van der Waals surface area contributed by atoms with Crippen molar-refractivity contribution in [2.45, 2.75) is 32.1 Å². The van der Waals surface area contributed by atoms with Crippen LogP contribution >= 0.6 is 0 Å². The lowest BCUT2D eigenvalue weighted by Crippen LogP contribution is -2.40. The second-order valence-corrected chi connectivity index (χ2v) is 5.29. The van der Waals surface area contributed by atoms with E-state index in [2.05, 4.69) is 5.73 Å². The highest BCUT2D eigenvalue weighted by molar-refractivity contribution is 5.19. The summed E-state index contributed by atoms with van der Waals surface area (Å²) in [5, 5.41) is 8.79. The van der Waals surface area contributed by atoms with Crippen LogP contribution < -0.4 is 0 Å².